The SMILES string of the molecule is CC(C(=O)NC1CC1)N1CCN(c2cc(Cl)nc(C3CC3)n2)CC1. The second-order valence-electron chi connectivity index (χ2n) is 7.16. The third-order valence-corrected chi connectivity index (χ3v) is 5.32. The fraction of sp³-hybridized carbons (Fsp3) is 0.706. The maximum absolute atomic E-state index is 12.2. The van der Waals surface area contributed by atoms with Gasteiger partial charge in [0.25, 0.3) is 0 Å². The topological polar surface area (TPSA) is 61.4 Å². The van der Waals surface area contributed by atoms with Crippen molar-refractivity contribution in [3.63, 3.8) is 0 Å². The second kappa shape index (κ2) is 6.48. The molecule has 4 rings (SSSR count). The summed E-state index contributed by atoms with van der Waals surface area (Å²) in [5, 5.41) is 3.63. The average Bonchev–Trinajstić information content (AvgIpc) is 3.46. The monoisotopic (exact) mass is 349 g/mol. The number of aromatic nitrogens is 2. The molecule has 2 heterocycles. The van der Waals surface area contributed by atoms with Crippen LogP contribution in [0.15, 0.2) is 6.07 Å². The summed E-state index contributed by atoms with van der Waals surface area (Å²) in [5.74, 6) is 2.46. The number of carbonyl (C=O) groups excluding carboxylic acids is 1. The smallest absolute Gasteiger partial charge is 0.237 e. The first-order chi connectivity index (χ1) is 11.6. The maximum atomic E-state index is 12.2. The number of anilines is 1. The Morgan fingerprint density at radius 2 is 1.92 bits per heavy atom. The highest BCUT2D eigenvalue weighted by Crippen LogP contribution is 2.39. The van der Waals surface area contributed by atoms with Gasteiger partial charge in [-0.25, -0.2) is 9.97 Å². The molecule has 1 amide bonds. The Labute approximate surface area is 147 Å². The Bertz CT molecular complexity index is 623. The van der Waals surface area contributed by atoms with Gasteiger partial charge in [-0.3, -0.25) is 9.69 Å². The van der Waals surface area contributed by atoms with E-state index in [9.17, 15) is 4.79 Å². The Morgan fingerprint density at radius 1 is 1.21 bits per heavy atom. The van der Waals surface area contributed by atoms with Crippen LogP contribution in [0.4, 0.5) is 5.82 Å². The third kappa shape index (κ3) is 3.64. The molecule has 1 atom stereocenters. The van der Waals surface area contributed by atoms with E-state index in [1.807, 2.05) is 13.0 Å². The zero-order valence-corrected chi connectivity index (χ0v) is 14.8. The van der Waals surface area contributed by atoms with Gasteiger partial charge in [0, 0.05) is 44.2 Å². The van der Waals surface area contributed by atoms with Crippen molar-refractivity contribution in [1.29, 1.82) is 0 Å². The molecule has 2 aliphatic carbocycles. The zero-order chi connectivity index (χ0) is 16.7. The summed E-state index contributed by atoms with van der Waals surface area (Å²) in [6.07, 6.45) is 4.59. The lowest BCUT2D eigenvalue weighted by Crippen LogP contribution is -2.54. The van der Waals surface area contributed by atoms with Gasteiger partial charge < -0.3 is 10.2 Å². The van der Waals surface area contributed by atoms with Gasteiger partial charge in [0.2, 0.25) is 5.91 Å². The second-order valence-corrected chi connectivity index (χ2v) is 7.55. The quantitative estimate of drug-likeness (QED) is 0.821. The fourth-order valence-electron chi connectivity index (χ4n) is 3.16. The zero-order valence-electron chi connectivity index (χ0n) is 14.0. The van der Waals surface area contributed by atoms with Crippen molar-refractivity contribution >= 4 is 23.3 Å². The summed E-state index contributed by atoms with van der Waals surface area (Å²) in [7, 11) is 0. The molecule has 1 aromatic rings. The van der Waals surface area contributed by atoms with Crippen LogP contribution in [0.1, 0.15) is 44.3 Å². The Hall–Kier alpha value is -1.40. The first-order valence-corrected chi connectivity index (χ1v) is 9.32. The van der Waals surface area contributed by atoms with E-state index in [-0.39, 0.29) is 11.9 Å². The van der Waals surface area contributed by atoms with E-state index >= 15 is 0 Å². The Morgan fingerprint density at radius 3 is 2.54 bits per heavy atom. The van der Waals surface area contributed by atoms with Gasteiger partial charge in [-0.15, -0.1) is 0 Å². The highest BCUT2D eigenvalue weighted by Gasteiger charge is 2.31. The molecule has 7 heteroatoms. The normalized spacial score (nSPS) is 23.2. The number of hydrogen-bond donors (Lipinski definition) is 1. The molecule has 24 heavy (non-hydrogen) atoms. The largest absolute Gasteiger partial charge is 0.354 e. The number of nitrogens with one attached hydrogen (secondary N) is 1. The molecule has 1 unspecified atom stereocenters. The van der Waals surface area contributed by atoms with Crippen LogP contribution in [0.25, 0.3) is 0 Å². The molecule has 0 aromatic carbocycles. The molecule has 6 nitrogen and oxygen atoms in total. The van der Waals surface area contributed by atoms with E-state index in [1.165, 1.54) is 12.8 Å². The first-order valence-electron chi connectivity index (χ1n) is 8.94. The summed E-state index contributed by atoms with van der Waals surface area (Å²) >= 11 is 6.17. The molecular weight excluding hydrogens is 326 g/mol. The van der Waals surface area contributed by atoms with E-state index in [2.05, 4.69) is 20.1 Å². The van der Waals surface area contributed by atoms with Crippen LogP contribution in [0, 0.1) is 0 Å². The number of hydrogen-bond acceptors (Lipinski definition) is 5. The summed E-state index contributed by atoms with van der Waals surface area (Å²) < 4.78 is 0. The minimum absolute atomic E-state index is 0.0660. The van der Waals surface area contributed by atoms with Crippen LogP contribution in [0.5, 0.6) is 0 Å². The van der Waals surface area contributed by atoms with E-state index in [4.69, 9.17) is 16.6 Å². The van der Waals surface area contributed by atoms with Crippen LogP contribution < -0.4 is 10.2 Å². The van der Waals surface area contributed by atoms with Gasteiger partial charge in [-0.05, 0) is 32.6 Å². The summed E-state index contributed by atoms with van der Waals surface area (Å²) in [6, 6.07) is 2.21. The molecule has 3 aliphatic rings. The lowest BCUT2D eigenvalue weighted by atomic mass is 10.2. The Balaban J connectivity index is 1.36. The van der Waals surface area contributed by atoms with Crippen LogP contribution in [0.3, 0.4) is 0 Å². The van der Waals surface area contributed by atoms with Gasteiger partial charge in [-0.1, -0.05) is 11.6 Å². The number of rotatable bonds is 5. The van der Waals surface area contributed by atoms with E-state index in [0.29, 0.717) is 17.1 Å². The van der Waals surface area contributed by atoms with E-state index < -0.39 is 0 Å². The van der Waals surface area contributed by atoms with Gasteiger partial charge in [0.05, 0.1) is 6.04 Å². The first kappa shape index (κ1) is 16.1. The highest BCUT2D eigenvalue weighted by atomic mass is 35.5. The van der Waals surface area contributed by atoms with Crippen LogP contribution in [-0.4, -0.2) is 59.0 Å². The van der Waals surface area contributed by atoms with Crippen LogP contribution in [-0.2, 0) is 4.79 Å². The van der Waals surface area contributed by atoms with Crippen molar-refractivity contribution in [3.05, 3.63) is 17.0 Å². The fourth-order valence-corrected chi connectivity index (χ4v) is 3.35. The number of carbonyl (C=O) groups is 1. The molecule has 3 fully saturated rings. The molecule has 0 bridgehead atoms. The van der Waals surface area contributed by atoms with Crippen molar-refractivity contribution in [2.24, 2.45) is 0 Å². The molecular formula is C17H24ClN5O. The summed E-state index contributed by atoms with van der Waals surface area (Å²) in [6.45, 7) is 5.44. The predicted molar refractivity (Wildman–Crippen MR) is 93.4 cm³/mol. The van der Waals surface area contributed by atoms with Crippen LogP contribution >= 0.6 is 11.6 Å². The minimum atomic E-state index is -0.0660. The number of amides is 1. The van der Waals surface area contributed by atoms with Crippen molar-refractivity contribution in [3.8, 4) is 0 Å². The highest BCUT2D eigenvalue weighted by molar-refractivity contribution is 6.29. The van der Waals surface area contributed by atoms with Gasteiger partial charge >= 0.3 is 0 Å². The van der Waals surface area contributed by atoms with Crippen LogP contribution in [0.2, 0.25) is 5.15 Å². The number of halogens is 1. The van der Waals surface area contributed by atoms with Crippen molar-refractivity contribution < 1.29 is 4.79 Å². The molecule has 1 N–H and O–H groups in total. The van der Waals surface area contributed by atoms with E-state index in [0.717, 1.165) is 50.7 Å². The van der Waals surface area contributed by atoms with Gasteiger partial charge in [0.15, 0.2) is 0 Å². The summed E-state index contributed by atoms with van der Waals surface area (Å²) in [5.41, 5.74) is 0. The standard InChI is InChI=1S/C17H24ClN5O/c1-11(17(24)19-13-4-5-13)22-6-8-23(9-7-22)15-10-14(18)20-16(21-15)12-2-3-12/h10-13H,2-9H2,1H3,(H,19,24). The molecule has 1 aliphatic heterocycles. The van der Waals surface area contributed by atoms with Crippen molar-refractivity contribution in [1.82, 2.24) is 20.2 Å². The van der Waals surface area contributed by atoms with E-state index in [1.54, 1.807) is 0 Å². The lowest BCUT2D eigenvalue weighted by molar-refractivity contribution is -0.126. The molecule has 2 saturated carbocycles. The number of piperazine rings is 1. The minimum Gasteiger partial charge on any atom is -0.354 e. The molecule has 0 radical (unpaired) electrons. The van der Waals surface area contributed by atoms with Gasteiger partial charge in [0.1, 0.15) is 16.8 Å². The van der Waals surface area contributed by atoms with Crippen molar-refractivity contribution in [2.45, 2.75) is 50.6 Å². The molecule has 1 saturated heterocycles. The molecule has 130 valence electrons. The van der Waals surface area contributed by atoms with Gasteiger partial charge in [-0.2, -0.15) is 0 Å². The summed E-state index contributed by atoms with van der Waals surface area (Å²) in [4.78, 5) is 25.8. The maximum Gasteiger partial charge on any atom is 0.237 e. The predicted octanol–water partition coefficient (Wildman–Crippen LogP) is 1.80. The lowest BCUT2D eigenvalue weighted by Gasteiger charge is -2.38. The molecule has 1 aromatic heterocycles. The molecule has 0 spiro atoms. The van der Waals surface area contributed by atoms with Crippen molar-refractivity contribution in [2.75, 3.05) is 31.1 Å². The average molecular weight is 350 g/mol. The third-order valence-electron chi connectivity index (χ3n) is 5.13. The Kier molecular flexibility index (Phi) is 4.35. The number of nitrogens with zero attached hydrogens (tertiary/aromatic N) is 4.